The normalized spacial score (nSPS) is 26.5. The van der Waals surface area contributed by atoms with Crippen molar-refractivity contribution in [2.75, 3.05) is 6.54 Å². The fraction of sp³-hybridized carbons (Fsp3) is 0.348. The maximum absolute atomic E-state index is 13.1. The molecule has 2 aromatic rings. The van der Waals surface area contributed by atoms with Gasteiger partial charge in [-0.3, -0.25) is 4.79 Å². The highest BCUT2D eigenvalue weighted by Crippen LogP contribution is 2.49. The number of fused-ring (bicyclic) bond motifs is 1. The van der Waals surface area contributed by atoms with Gasteiger partial charge in [-0.25, -0.2) is 10.9 Å². The Morgan fingerprint density at radius 3 is 2.39 bits per heavy atom. The molecule has 0 bridgehead atoms. The zero-order valence-electron chi connectivity index (χ0n) is 16.6. The van der Waals surface area contributed by atoms with Gasteiger partial charge in [-0.2, -0.15) is 0 Å². The number of aromatic hydroxyl groups is 1. The van der Waals surface area contributed by atoms with Crippen molar-refractivity contribution in [3.63, 3.8) is 0 Å². The van der Waals surface area contributed by atoms with E-state index < -0.39 is 0 Å². The Kier molecular flexibility index (Phi) is 4.73. The van der Waals surface area contributed by atoms with Crippen molar-refractivity contribution in [1.29, 1.82) is 0 Å². The third-order valence-electron chi connectivity index (χ3n) is 5.98. The lowest BCUT2D eigenvalue weighted by Crippen LogP contribution is -2.41. The maximum Gasteiger partial charge on any atom is 0.242 e. The smallest absolute Gasteiger partial charge is 0.242 e. The number of aryl methyl sites for hydroxylation is 3. The van der Waals surface area contributed by atoms with Gasteiger partial charge in [0, 0.05) is 18.0 Å². The molecule has 2 heterocycles. The predicted octanol–water partition coefficient (Wildman–Crippen LogP) is 3.22. The lowest BCUT2D eigenvalue weighted by molar-refractivity contribution is -0.130. The average molecular weight is 377 g/mol. The number of hydrogen-bond acceptors (Lipinski definition) is 4. The van der Waals surface area contributed by atoms with Gasteiger partial charge in [0.2, 0.25) is 5.91 Å². The zero-order valence-corrected chi connectivity index (χ0v) is 16.6. The Morgan fingerprint density at radius 2 is 1.75 bits per heavy atom. The molecule has 1 amide bonds. The summed E-state index contributed by atoms with van der Waals surface area (Å²) in [5, 5.41) is 10.7. The molecule has 2 aliphatic heterocycles. The summed E-state index contributed by atoms with van der Waals surface area (Å²) in [5.41, 5.74) is 11.7. The first-order valence-electron chi connectivity index (χ1n) is 9.71. The quantitative estimate of drug-likeness (QED) is 0.716. The van der Waals surface area contributed by atoms with Crippen LogP contribution in [0.3, 0.4) is 0 Å². The van der Waals surface area contributed by atoms with E-state index in [9.17, 15) is 9.90 Å². The van der Waals surface area contributed by atoms with Crippen LogP contribution in [0.25, 0.3) is 0 Å². The SMILES string of the molecule is C=CCN1C(=O)C2NNC(c3c(C)cc(C)cc3O)C2C1c1ccc(C)cc1. The summed E-state index contributed by atoms with van der Waals surface area (Å²) < 4.78 is 0. The number of nitrogens with one attached hydrogen (secondary N) is 2. The number of carbonyl (C=O) groups excluding carboxylic acids is 1. The van der Waals surface area contributed by atoms with Crippen LogP contribution in [0.2, 0.25) is 0 Å². The molecule has 4 atom stereocenters. The molecule has 0 saturated carbocycles. The van der Waals surface area contributed by atoms with Crippen LogP contribution in [0.1, 0.15) is 39.9 Å². The number of benzene rings is 2. The van der Waals surface area contributed by atoms with Crippen molar-refractivity contribution in [1.82, 2.24) is 15.8 Å². The van der Waals surface area contributed by atoms with Gasteiger partial charge in [-0.1, -0.05) is 42.0 Å². The Bertz CT molecular complexity index is 899. The molecule has 5 heteroatoms. The van der Waals surface area contributed by atoms with Crippen LogP contribution in [0.15, 0.2) is 49.1 Å². The van der Waals surface area contributed by atoms with Crippen molar-refractivity contribution in [2.45, 2.75) is 38.9 Å². The van der Waals surface area contributed by atoms with Crippen LogP contribution in [0, 0.1) is 26.7 Å². The van der Waals surface area contributed by atoms with E-state index in [0.717, 1.165) is 22.3 Å². The van der Waals surface area contributed by atoms with Gasteiger partial charge in [0.25, 0.3) is 0 Å². The van der Waals surface area contributed by atoms with Gasteiger partial charge in [0.1, 0.15) is 11.8 Å². The molecule has 2 aromatic carbocycles. The number of hydrogen-bond donors (Lipinski definition) is 3. The van der Waals surface area contributed by atoms with E-state index in [1.807, 2.05) is 18.7 Å². The second-order valence-electron chi connectivity index (χ2n) is 7.97. The summed E-state index contributed by atoms with van der Waals surface area (Å²) in [6.45, 7) is 10.4. The minimum atomic E-state index is -0.337. The average Bonchev–Trinajstić information content (AvgIpc) is 3.16. The Labute approximate surface area is 166 Å². The van der Waals surface area contributed by atoms with E-state index in [4.69, 9.17) is 0 Å². The number of phenols is 1. The van der Waals surface area contributed by atoms with Crippen molar-refractivity contribution in [2.24, 2.45) is 5.92 Å². The number of nitrogens with zero attached hydrogens (tertiary/aromatic N) is 1. The highest BCUT2D eigenvalue weighted by Gasteiger charge is 2.55. The zero-order chi connectivity index (χ0) is 20.0. The first kappa shape index (κ1) is 18.7. The topological polar surface area (TPSA) is 64.6 Å². The molecule has 146 valence electrons. The van der Waals surface area contributed by atoms with E-state index >= 15 is 0 Å². The van der Waals surface area contributed by atoms with Crippen LogP contribution >= 0.6 is 0 Å². The Balaban J connectivity index is 1.82. The molecule has 3 N–H and O–H groups in total. The second-order valence-corrected chi connectivity index (χ2v) is 7.97. The molecule has 28 heavy (non-hydrogen) atoms. The van der Waals surface area contributed by atoms with Crippen molar-refractivity contribution in [3.05, 3.63) is 76.9 Å². The third-order valence-corrected chi connectivity index (χ3v) is 5.98. The lowest BCUT2D eigenvalue weighted by Gasteiger charge is -2.31. The summed E-state index contributed by atoms with van der Waals surface area (Å²) in [7, 11) is 0. The molecule has 0 aromatic heterocycles. The number of phenolic OH excluding ortho intramolecular Hbond substituents is 1. The Morgan fingerprint density at radius 1 is 1.07 bits per heavy atom. The van der Waals surface area contributed by atoms with E-state index in [1.54, 1.807) is 12.1 Å². The standard InChI is InChI=1S/C23H27N3O2/c1-5-10-26-22(16-8-6-13(2)7-9-16)19-20(24-25-21(19)23(26)28)18-15(4)11-14(3)12-17(18)27/h5-9,11-12,19-22,24-25,27H,1,10H2,2-4H3. The molecule has 5 nitrogen and oxygen atoms in total. The van der Waals surface area contributed by atoms with E-state index in [1.165, 1.54) is 5.56 Å². The van der Waals surface area contributed by atoms with Gasteiger partial charge in [0.15, 0.2) is 0 Å². The van der Waals surface area contributed by atoms with Crippen LogP contribution in [-0.2, 0) is 4.79 Å². The number of rotatable bonds is 4. The maximum atomic E-state index is 13.1. The van der Waals surface area contributed by atoms with Crippen molar-refractivity contribution in [3.8, 4) is 5.75 Å². The van der Waals surface area contributed by atoms with Gasteiger partial charge < -0.3 is 10.0 Å². The molecular weight excluding hydrogens is 350 g/mol. The minimum absolute atomic E-state index is 0.0394. The molecule has 0 aliphatic carbocycles. The molecule has 0 spiro atoms. The number of likely N-dealkylation sites (tertiary alicyclic amines) is 1. The summed E-state index contributed by atoms with van der Waals surface area (Å²) in [5.74, 6) is 0.298. The number of carbonyl (C=O) groups is 1. The van der Waals surface area contributed by atoms with E-state index in [2.05, 4.69) is 54.7 Å². The summed E-state index contributed by atoms with van der Waals surface area (Å²) in [6.07, 6.45) is 1.77. The van der Waals surface area contributed by atoms with Crippen LogP contribution in [0.5, 0.6) is 5.75 Å². The van der Waals surface area contributed by atoms with Gasteiger partial charge in [0.05, 0.1) is 12.1 Å². The van der Waals surface area contributed by atoms with Gasteiger partial charge >= 0.3 is 0 Å². The fourth-order valence-electron chi connectivity index (χ4n) is 4.81. The molecule has 0 radical (unpaired) electrons. The molecule has 4 rings (SSSR count). The largest absolute Gasteiger partial charge is 0.508 e. The molecule has 2 fully saturated rings. The highest BCUT2D eigenvalue weighted by molar-refractivity contribution is 5.86. The van der Waals surface area contributed by atoms with E-state index in [0.29, 0.717) is 6.54 Å². The summed E-state index contributed by atoms with van der Waals surface area (Å²) in [4.78, 5) is 15.0. The van der Waals surface area contributed by atoms with Crippen molar-refractivity contribution >= 4 is 5.91 Å². The second kappa shape index (κ2) is 7.08. The van der Waals surface area contributed by atoms with Crippen LogP contribution < -0.4 is 10.9 Å². The minimum Gasteiger partial charge on any atom is -0.508 e. The molecule has 2 saturated heterocycles. The number of hydrazine groups is 1. The highest BCUT2D eigenvalue weighted by atomic mass is 16.3. The molecule has 2 aliphatic rings. The predicted molar refractivity (Wildman–Crippen MR) is 110 cm³/mol. The molecular formula is C23H27N3O2. The molecule has 4 unspecified atom stereocenters. The summed E-state index contributed by atoms with van der Waals surface area (Å²) >= 11 is 0. The first-order chi connectivity index (χ1) is 13.4. The fourth-order valence-corrected chi connectivity index (χ4v) is 4.81. The third kappa shape index (κ3) is 2.91. The van der Waals surface area contributed by atoms with Crippen LogP contribution in [0.4, 0.5) is 0 Å². The van der Waals surface area contributed by atoms with Gasteiger partial charge in [-0.15, -0.1) is 6.58 Å². The van der Waals surface area contributed by atoms with E-state index in [-0.39, 0.29) is 35.7 Å². The first-order valence-corrected chi connectivity index (χ1v) is 9.71. The van der Waals surface area contributed by atoms with Crippen LogP contribution in [-0.4, -0.2) is 28.5 Å². The monoisotopic (exact) mass is 377 g/mol. The summed E-state index contributed by atoms with van der Waals surface area (Å²) in [6, 6.07) is 11.6. The van der Waals surface area contributed by atoms with Crippen molar-refractivity contribution < 1.29 is 9.90 Å². The number of amides is 1. The van der Waals surface area contributed by atoms with Gasteiger partial charge in [-0.05, 0) is 43.5 Å². The Hall–Kier alpha value is -2.63. The lowest BCUT2D eigenvalue weighted by atomic mass is 9.81.